The summed E-state index contributed by atoms with van der Waals surface area (Å²) in [6.07, 6.45) is 1.78. The summed E-state index contributed by atoms with van der Waals surface area (Å²) in [5, 5.41) is 0. The second-order valence-electron chi connectivity index (χ2n) is 8.49. The monoisotopic (exact) mass is 528 g/mol. The zero-order valence-corrected chi connectivity index (χ0v) is 21.7. The number of hydrogen-bond donors (Lipinski definition) is 0. The summed E-state index contributed by atoms with van der Waals surface area (Å²) >= 11 is 1.23. The molecule has 0 spiro atoms. The summed E-state index contributed by atoms with van der Waals surface area (Å²) in [6.45, 7) is 4.31. The summed E-state index contributed by atoms with van der Waals surface area (Å²) in [5.74, 6) is -0.294. The molecule has 0 bridgehead atoms. The van der Waals surface area contributed by atoms with Crippen LogP contribution in [0.3, 0.4) is 0 Å². The van der Waals surface area contributed by atoms with Crippen LogP contribution in [0.1, 0.15) is 36.6 Å². The minimum absolute atomic E-state index is 0.154. The van der Waals surface area contributed by atoms with E-state index in [-0.39, 0.29) is 17.7 Å². The highest BCUT2D eigenvalue weighted by Gasteiger charge is 2.35. The van der Waals surface area contributed by atoms with Crippen LogP contribution in [-0.4, -0.2) is 23.8 Å². The van der Waals surface area contributed by atoms with Gasteiger partial charge in [0.1, 0.15) is 11.6 Å². The molecule has 6 nitrogen and oxygen atoms in total. The van der Waals surface area contributed by atoms with Crippen LogP contribution in [0.25, 0.3) is 11.8 Å². The molecule has 1 atom stereocenters. The molecule has 1 aliphatic rings. The van der Waals surface area contributed by atoms with Crippen molar-refractivity contribution in [3.63, 3.8) is 0 Å². The molecule has 4 aromatic rings. The number of halogens is 1. The molecule has 1 aliphatic heterocycles. The summed E-state index contributed by atoms with van der Waals surface area (Å²) in [7, 11) is 0. The average Bonchev–Trinajstić information content (AvgIpc) is 3.23. The smallest absolute Gasteiger partial charge is 0.338 e. The highest BCUT2D eigenvalue weighted by Crippen LogP contribution is 2.35. The maximum absolute atomic E-state index is 13.9. The second-order valence-corrected chi connectivity index (χ2v) is 9.50. The number of aromatic nitrogens is 1. The largest absolute Gasteiger partial charge is 0.494 e. The number of fused-ring (bicyclic) bond motifs is 1. The van der Waals surface area contributed by atoms with Crippen molar-refractivity contribution in [2.45, 2.75) is 19.9 Å². The molecule has 2 heterocycles. The van der Waals surface area contributed by atoms with Crippen LogP contribution in [0.2, 0.25) is 0 Å². The van der Waals surface area contributed by atoms with Gasteiger partial charge in [-0.2, -0.15) is 0 Å². The predicted octanol–water partition coefficient (Wildman–Crippen LogP) is 4.47. The van der Waals surface area contributed by atoms with Gasteiger partial charge in [-0.25, -0.2) is 14.2 Å². The molecule has 0 unspecified atom stereocenters. The molecular formula is C30H25FN2O4S. The third-order valence-electron chi connectivity index (χ3n) is 6.03. The normalized spacial score (nSPS) is 15.1. The van der Waals surface area contributed by atoms with Crippen molar-refractivity contribution in [1.82, 2.24) is 4.57 Å². The Kier molecular flexibility index (Phi) is 7.33. The van der Waals surface area contributed by atoms with E-state index < -0.39 is 17.8 Å². The summed E-state index contributed by atoms with van der Waals surface area (Å²) < 4.78 is 26.9. The van der Waals surface area contributed by atoms with E-state index in [1.165, 1.54) is 28.0 Å². The fourth-order valence-corrected chi connectivity index (χ4v) is 5.41. The minimum Gasteiger partial charge on any atom is -0.494 e. The molecule has 192 valence electrons. The molecule has 0 N–H and O–H groups in total. The number of rotatable bonds is 7. The van der Waals surface area contributed by atoms with Gasteiger partial charge in [0, 0.05) is 5.56 Å². The van der Waals surface area contributed by atoms with Crippen molar-refractivity contribution in [2.24, 2.45) is 4.99 Å². The number of carbonyl (C=O) groups is 1. The molecule has 0 saturated carbocycles. The lowest BCUT2D eigenvalue weighted by atomic mass is 9.93. The molecule has 0 saturated heterocycles. The zero-order valence-electron chi connectivity index (χ0n) is 20.9. The topological polar surface area (TPSA) is 69.9 Å². The first-order valence-corrected chi connectivity index (χ1v) is 13.1. The van der Waals surface area contributed by atoms with E-state index in [2.05, 4.69) is 0 Å². The minimum atomic E-state index is -0.849. The Morgan fingerprint density at radius 2 is 1.79 bits per heavy atom. The van der Waals surface area contributed by atoms with Crippen LogP contribution < -0.4 is 19.6 Å². The second kappa shape index (κ2) is 11.0. The SMILES string of the molecule is CCOC(=O)C1=C(c2ccccc2)N=c2s/c(=C\c3cccc(OCC)c3)c(=O)n2[C@H]1c1ccc(F)cc1. The van der Waals surface area contributed by atoms with E-state index in [0.717, 1.165) is 5.56 Å². The van der Waals surface area contributed by atoms with Gasteiger partial charge in [0.2, 0.25) is 0 Å². The van der Waals surface area contributed by atoms with Crippen LogP contribution in [-0.2, 0) is 9.53 Å². The van der Waals surface area contributed by atoms with Gasteiger partial charge < -0.3 is 9.47 Å². The fourth-order valence-electron chi connectivity index (χ4n) is 4.41. The van der Waals surface area contributed by atoms with E-state index >= 15 is 0 Å². The van der Waals surface area contributed by atoms with Gasteiger partial charge in [0.15, 0.2) is 4.80 Å². The van der Waals surface area contributed by atoms with Crippen molar-refractivity contribution in [1.29, 1.82) is 0 Å². The molecule has 8 heteroatoms. The molecule has 0 fully saturated rings. The van der Waals surface area contributed by atoms with Crippen LogP contribution in [0, 0.1) is 5.82 Å². The Morgan fingerprint density at radius 1 is 1.03 bits per heavy atom. The lowest BCUT2D eigenvalue weighted by Gasteiger charge is -2.25. The quantitative estimate of drug-likeness (QED) is 0.332. The van der Waals surface area contributed by atoms with Gasteiger partial charge in [0.05, 0.1) is 35.1 Å². The highest BCUT2D eigenvalue weighted by atomic mass is 32.1. The van der Waals surface area contributed by atoms with E-state index in [1.54, 1.807) is 25.1 Å². The van der Waals surface area contributed by atoms with Crippen LogP contribution in [0.5, 0.6) is 5.75 Å². The van der Waals surface area contributed by atoms with Gasteiger partial charge in [0.25, 0.3) is 5.56 Å². The molecule has 1 aromatic heterocycles. The molecule has 0 radical (unpaired) electrons. The van der Waals surface area contributed by atoms with E-state index in [9.17, 15) is 14.0 Å². The first kappa shape index (κ1) is 25.4. The van der Waals surface area contributed by atoms with Crippen molar-refractivity contribution >= 4 is 29.1 Å². The number of esters is 1. The lowest BCUT2D eigenvalue weighted by molar-refractivity contribution is -0.138. The average molecular weight is 529 g/mol. The van der Waals surface area contributed by atoms with Crippen LogP contribution >= 0.6 is 11.3 Å². The van der Waals surface area contributed by atoms with Crippen LogP contribution in [0.15, 0.2) is 94.2 Å². The van der Waals surface area contributed by atoms with Gasteiger partial charge in [-0.1, -0.05) is 65.9 Å². The lowest BCUT2D eigenvalue weighted by Crippen LogP contribution is -2.40. The Balaban J connectivity index is 1.79. The Hall–Kier alpha value is -4.30. The number of thiazole rings is 1. The summed E-state index contributed by atoms with van der Waals surface area (Å²) in [4.78, 5) is 32.5. The number of carbonyl (C=O) groups excluding carboxylic acids is 1. The Bertz CT molecular complexity index is 1690. The zero-order chi connectivity index (χ0) is 26.6. The predicted molar refractivity (Wildman–Crippen MR) is 145 cm³/mol. The van der Waals surface area contributed by atoms with E-state index in [0.29, 0.717) is 38.5 Å². The number of hydrogen-bond acceptors (Lipinski definition) is 6. The standard InChI is InChI=1S/C30H25FN2O4S/c1-3-36-23-12-8-9-19(17-23)18-24-28(34)33-27(21-13-15-22(31)16-14-21)25(29(35)37-4-2)26(32-30(33)38-24)20-10-6-5-7-11-20/h5-18,27H,3-4H2,1-2H3/b24-18-/t27-/m0/s1. The molecule has 0 amide bonds. The van der Waals surface area contributed by atoms with E-state index in [1.807, 2.05) is 61.5 Å². The first-order chi connectivity index (χ1) is 18.5. The summed E-state index contributed by atoms with van der Waals surface area (Å²) in [6, 6.07) is 21.7. The van der Waals surface area contributed by atoms with Gasteiger partial charge in [-0.3, -0.25) is 9.36 Å². The van der Waals surface area contributed by atoms with E-state index in [4.69, 9.17) is 14.5 Å². The first-order valence-electron chi connectivity index (χ1n) is 12.3. The number of benzene rings is 3. The van der Waals surface area contributed by atoms with Crippen molar-refractivity contribution in [3.05, 3.63) is 127 Å². The molecule has 5 rings (SSSR count). The third kappa shape index (κ3) is 4.95. The molecular weight excluding hydrogens is 503 g/mol. The fraction of sp³-hybridized carbons (Fsp3) is 0.167. The van der Waals surface area contributed by atoms with Gasteiger partial charge in [-0.15, -0.1) is 0 Å². The van der Waals surface area contributed by atoms with Gasteiger partial charge in [-0.05, 0) is 55.3 Å². The van der Waals surface area contributed by atoms with Gasteiger partial charge >= 0.3 is 5.97 Å². The van der Waals surface area contributed by atoms with Crippen LogP contribution in [0.4, 0.5) is 4.39 Å². The number of nitrogens with zero attached hydrogens (tertiary/aromatic N) is 2. The Labute approximate surface area is 222 Å². The highest BCUT2D eigenvalue weighted by molar-refractivity contribution is 7.07. The maximum Gasteiger partial charge on any atom is 0.338 e. The molecule has 0 aliphatic carbocycles. The Morgan fingerprint density at radius 3 is 2.50 bits per heavy atom. The molecule has 3 aromatic carbocycles. The number of ether oxygens (including phenoxy) is 2. The summed E-state index contributed by atoms with van der Waals surface area (Å²) in [5.41, 5.74) is 2.42. The maximum atomic E-state index is 13.9. The third-order valence-corrected chi connectivity index (χ3v) is 7.01. The van der Waals surface area contributed by atoms with Crippen molar-refractivity contribution in [2.75, 3.05) is 13.2 Å². The van der Waals surface area contributed by atoms with Crippen molar-refractivity contribution < 1.29 is 18.7 Å². The molecule has 38 heavy (non-hydrogen) atoms. The van der Waals surface area contributed by atoms with Crippen molar-refractivity contribution in [3.8, 4) is 5.75 Å².